The van der Waals surface area contributed by atoms with E-state index in [0.717, 1.165) is 0 Å². The lowest BCUT2D eigenvalue weighted by atomic mass is 9.72. The van der Waals surface area contributed by atoms with E-state index in [1.807, 2.05) is 6.92 Å². The molecule has 2 atom stereocenters. The van der Waals surface area contributed by atoms with Crippen molar-refractivity contribution in [3.63, 3.8) is 0 Å². The number of aromatic amines is 1. The zero-order chi connectivity index (χ0) is 21.5. The fourth-order valence-electron chi connectivity index (χ4n) is 4.14. The zero-order valence-electron chi connectivity index (χ0n) is 16.3. The van der Waals surface area contributed by atoms with Crippen molar-refractivity contribution in [3.05, 3.63) is 82.2 Å². The summed E-state index contributed by atoms with van der Waals surface area (Å²) in [6.45, 7) is 1.85. The standard InChI is InChI=1S/C23H21F3N2O2/c1-2-6-14-13-22(30,23(24,25)26)21(16-8-4-3-7-15(14)16)28-19-10-5-9-18-17(19)11-12-20(29)27-18/h3-12,21,28,30H,2,13H2,1H3,(H,27,29). The minimum atomic E-state index is -4.86. The summed E-state index contributed by atoms with van der Waals surface area (Å²) in [5.74, 6) is 0. The molecular weight excluding hydrogens is 393 g/mol. The van der Waals surface area contributed by atoms with Crippen LogP contribution in [0.4, 0.5) is 18.9 Å². The van der Waals surface area contributed by atoms with Crippen molar-refractivity contribution in [2.75, 3.05) is 5.32 Å². The lowest BCUT2D eigenvalue weighted by molar-refractivity contribution is -0.265. The van der Waals surface area contributed by atoms with Gasteiger partial charge in [-0.3, -0.25) is 4.79 Å². The molecule has 1 aromatic heterocycles. The Kier molecular flexibility index (Phi) is 4.94. The third kappa shape index (κ3) is 3.29. The lowest BCUT2D eigenvalue weighted by Crippen LogP contribution is -2.54. The summed E-state index contributed by atoms with van der Waals surface area (Å²) in [7, 11) is 0. The van der Waals surface area contributed by atoms with Crippen LogP contribution in [0.3, 0.4) is 0 Å². The summed E-state index contributed by atoms with van der Waals surface area (Å²) in [4.78, 5) is 14.3. The normalized spacial score (nSPS) is 22.8. The number of anilines is 1. The van der Waals surface area contributed by atoms with Gasteiger partial charge in [-0.25, -0.2) is 0 Å². The van der Waals surface area contributed by atoms with Crippen LogP contribution in [-0.2, 0) is 0 Å². The van der Waals surface area contributed by atoms with Gasteiger partial charge in [0.1, 0.15) is 0 Å². The Morgan fingerprint density at radius 2 is 1.93 bits per heavy atom. The minimum absolute atomic E-state index is 0.302. The third-order valence-electron chi connectivity index (χ3n) is 5.56. The second kappa shape index (κ2) is 7.32. The molecule has 3 aromatic rings. The molecule has 1 heterocycles. The monoisotopic (exact) mass is 414 g/mol. The van der Waals surface area contributed by atoms with Crippen LogP contribution in [0.25, 0.3) is 16.5 Å². The predicted octanol–water partition coefficient (Wildman–Crippen LogP) is 5.17. The van der Waals surface area contributed by atoms with Gasteiger partial charge in [-0.15, -0.1) is 0 Å². The fourth-order valence-corrected chi connectivity index (χ4v) is 4.14. The molecule has 0 saturated heterocycles. The first-order valence-electron chi connectivity index (χ1n) is 9.70. The second-order valence-electron chi connectivity index (χ2n) is 7.49. The van der Waals surface area contributed by atoms with Crippen LogP contribution in [-0.4, -0.2) is 21.9 Å². The molecule has 0 fully saturated rings. The first-order chi connectivity index (χ1) is 14.2. The van der Waals surface area contributed by atoms with Crippen LogP contribution < -0.4 is 10.9 Å². The van der Waals surface area contributed by atoms with Crippen LogP contribution >= 0.6 is 0 Å². The SMILES string of the molecule is CCC=C1CC(O)(C(F)(F)F)C(Nc2cccc3[nH]c(=O)ccc23)c2ccccc21. The van der Waals surface area contributed by atoms with Gasteiger partial charge in [0, 0.05) is 23.6 Å². The Morgan fingerprint density at radius 1 is 1.17 bits per heavy atom. The molecule has 30 heavy (non-hydrogen) atoms. The van der Waals surface area contributed by atoms with Crippen LogP contribution in [0.1, 0.15) is 36.9 Å². The highest BCUT2D eigenvalue weighted by Crippen LogP contribution is 2.52. The maximum absolute atomic E-state index is 14.2. The molecule has 4 nitrogen and oxygen atoms in total. The molecule has 0 radical (unpaired) electrons. The van der Waals surface area contributed by atoms with E-state index in [2.05, 4.69) is 10.3 Å². The number of H-pyrrole nitrogens is 1. The Bertz CT molecular complexity index is 1180. The van der Waals surface area contributed by atoms with Gasteiger partial charge in [-0.2, -0.15) is 13.2 Å². The van der Waals surface area contributed by atoms with E-state index >= 15 is 0 Å². The van der Waals surface area contributed by atoms with Gasteiger partial charge in [0.25, 0.3) is 0 Å². The van der Waals surface area contributed by atoms with E-state index in [1.165, 1.54) is 6.07 Å². The first-order valence-corrected chi connectivity index (χ1v) is 9.70. The number of aromatic nitrogens is 1. The van der Waals surface area contributed by atoms with E-state index in [1.54, 1.807) is 54.6 Å². The molecule has 2 aromatic carbocycles. The maximum Gasteiger partial charge on any atom is 0.419 e. The number of aliphatic hydroxyl groups is 1. The molecule has 1 aliphatic carbocycles. The van der Waals surface area contributed by atoms with Crippen molar-refractivity contribution < 1.29 is 18.3 Å². The highest BCUT2D eigenvalue weighted by molar-refractivity contribution is 5.91. The highest BCUT2D eigenvalue weighted by atomic mass is 19.4. The molecule has 156 valence electrons. The number of nitrogens with one attached hydrogen (secondary N) is 2. The number of hydrogen-bond acceptors (Lipinski definition) is 3. The Morgan fingerprint density at radius 3 is 2.67 bits per heavy atom. The molecule has 0 saturated carbocycles. The topological polar surface area (TPSA) is 65.1 Å². The molecule has 0 amide bonds. The van der Waals surface area contributed by atoms with Gasteiger partial charge in [0.15, 0.2) is 5.60 Å². The number of pyridine rings is 1. The molecule has 7 heteroatoms. The first kappa shape index (κ1) is 20.2. The number of alkyl halides is 3. The van der Waals surface area contributed by atoms with E-state index in [9.17, 15) is 23.1 Å². The van der Waals surface area contributed by atoms with E-state index in [4.69, 9.17) is 0 Å². The number of halogens is 3. The Labute approximate surface area is 171 Å². The smallest absolute Gasteiger partial charge is 0.378 e. The molecule has 0 bridgehead atoms. The maximum atomic E-state index is 14.2. The van der Waals surface area contributed by atoms with Crippen LogP contribution in [0.5, 0.6) is 0 Å². The summed E-state index contributed by atoms with van der Waals surface area (Å²) in [6, 6.07) is 13.2. The summed E-state index contributed by atoms with van der Waals surface area (Å²) >= 11 is 0. The molecule has 4 rings (SSSR count). The highest BCUT2D eigenvalue weighted by Gasteiger charge is 2.61. The van der Waals surface area contributed by atoms with Crippen molar-refractivity contribution in [3.8, 4) is 0 Å². The zero-order valence-corrected chi connectivity index (χ0v) is 16.3. The number of hydrogen-bond donors (Lipinski definition) is 3. The number of rotatable bonds is 3. The van der Waals surface area contributed by atoms with Gasteiger partial charge in [-0.1, -0.05) is 43.3 Å². The van der Waals surface area contributed by atoms with Crippen LogP contribution in [0, 0.1) is 0 Å². The van der Waals surface area contributed by atoms with Crippen molar-refractivity contribution in [2.24, 2.45) is 0 Å². The van der Waals surface area contributed by atoms with E-state index < -0.39 is 24.2 Å². The average Bonchev–Trinajstić information content (AvgIpc) is 2.70. The molecule has 2 unspecified atom stereocenters. The van der Waals surface area contributed by atoms with E-state index in [-0.39, 0.29) is 5.56 Å². The quantitative estimate of drug-likeness (QED) is 0.554. The van der Waals surface area contributed by atoms with Crippen LogP contribution in [0.2, 0.25) is 0 Å². The van der Waals surface area contributed by atoms with Crippen molar-refractivity contribution in [1.82, 2.24) is 4.98 Å². The van der Waals surface area contributed by atoms with Crippen LogP contribution in [0.15, 0.2) is 65.5 Å². The van der Waals surface area contributed by atoms with E-state index in [0.29, 0.717) is 39.7 Å². The second-order valence-corrected chi connectivity index (χ2v) is 7.49. The van der Waals surface area contributed by atoms with Gasteiger partial charge < -0.3 is 15.4 Å². The number of fused-ring (bicyclic) bond motifs is 2. The predicted molar refractivity (Wildman–Crippen MR) is 111 cm³/mol. The molecular formula is C23H21F3N2O2. The average molecular weight is 414 g/mol. The van der Waals surface area contributed by atoms with Crippen molar-refractivity contribution in [2.45, 2.75) is 37.6 Å². The summed E-state index contributed by atoms with van der Waals surface area (Å²) in [6.07, 6.45) is -3.11. The molecule has 0 spiro atoms. The third-order valence-corrected chi connectivity index (χ3v) is 5.56. The summed E-state index contributed by atoms with van der Waals surface area (Å²) in [5, 5.41) is 14.5. The number of benzene rings is 2. The Balaban J connectivity index is 1.91. The largest absolute Gasteiger partial charge is 0.419 e. The van der Waals surface area contributed by atoms with Gasteiger partial charge in [0.05, 0.1) is 11.6 Å². The summed E-state index contributed by atoms with van der Waals surface area (Å²) in [5.41, 5.74) is -0.846. The van der Waals surface area contributed by atoms with Gasteiger partial charge >= 0.3 is 6.18 Å². The molecule has 0 aliphatic heterocycles. The molecule has 1 aliphatic rings. The lowest BCUT2D eigenvalue weighted by Gasteiger charge is -2.44. The minimum Gasteiger partial charge on any atom is -0.378 e. The number of allylic oxidation sites excluding steroid dienone is 1. The van der Waals surface area contributed by atoms with Gasteiger partial charge in [0.2, 0.25) is 5.56 Å². The fraction of sp³-hybridized carbons (Fsp3) is 0.261. The van der Waals surface area contributed by atoms with Gasteiger partial charge in [-0.05, 0) is 41.3 Å². The van der Waals surface area contributed by atoms with Crippen molar-refractivity contribution >= 4 is 22.2 Å². The van der Waals surface area contributed by atoms with Crippen molar-refractivity contribution in [1.29, 1.82) is 0 Å². The summed E-state index contributed by atoms with van der Waals surface area (Å²) < 4.78 is 42.6. The molecule has 3 N–H and O–H groups in total. The Hall–Kier alpha value is -3.06.